The van der Waals surface area contributed by atoms with Crippen molar-refractivity contribution in [2.24, 2.45) is 0 Å². The number of hydrogen-bond acceptors (Lipinski definition) is 4. The summed E-state index contributed by atoms with van der Waals surface area (Å²) in [5.74, 6) is 0.683. The fourth-order valence-corrected chi connectivity index (χ4v) is 4.15. The molecule has 9 heteroatoms. The van der Waals surface area contributed by atoms with Crippen LogP contribution in [0.25, 0.3) is 0 Å². The van der Waals surface area contributed by atoms with Gasteiger partial charge in [0.1, 0.15) is 5.82 Å². The summed E-state index contributed by atoms with van der Waals surface area (Å²) < 4.78 is 40.0. The smallest absolute Gasteiger partial charge is 0.240 e. The van der Waals surface area contributed by atoms with Crippen LogP contribution in [0, 0.1) is 5.82 Å². The number of hydrogen-bond donors (Lipinski definition) is 2. The van der Waals surface area contributed by atoms with Crippen molar-refractivity contribution < 1.29 is 17.6 Å². The second-order valence-corrected chi connectivity index (χ2v) is 8.90. The van der Waals surface area contributed by atoms with E-state index >= 15 is 0 Å². The zero-order valence-electron chi connectivity index (χ0n) is 14.5. The molecule has 0 heterocycles. The van der Waals surface area contributed by atoms with E-state index in [-0.39, 0.29) is 29.6 Å². The van der Waals surface area contributed by atoms with Crippen LogP contribution < -0.4 is 10.0 Å². The van der Waals surface area contributed by atoms with Gasteiger partial charge < -0.3 is 5.32 Å². The quantitative estimate of drug-likeness (QED) is 0.567. The first-order valence-corrected chi connectivity index (χ1v) is 11.2. The molecule has 0 saturated carbocycles. The number of carbonyl (C=O) groups excluding carboxylic acids is 1. The molecule has 2 rings (SSSR count). The van der Waals surface area contributed by atoms with Crippen molar-refractivity contribution in [3.63, 3.8) is 0 Å². The van der Waals surface area contributed by atoms with Crippen LogP contribution in [0.1, 0.15) is 12.0 Å². The van der Waals surface area contributed by atoms with Crippen molar-refractivity contribution >= 4 is 39.3 Å². The van der Waals surface area contributed by atoms with Crippen molar-refractivity contribution in [3.05, 3.63) is 64.9 Å². The molecule has 27 heavy (non-hydrogen) atoms. The number of benzene rings is 2. The minimum atomic E-state index is -3.66. The second-order valence-electron chi connectivity index (χ2n) is 5.60. The Balaban J connectivity index is 1.62. The van der Waals surface area contributed by atoms with Gasteiger partial charge in [0.15, 0.2) is 0 Å². The third-order valence-corrected chi connectivity index (χ3v) is 6.29. The Bertz CT molecular complexity index is 861. The number of thioether (sulfide) groups is 1. The first-order chi connectivity index (χ1) is 12.9. The van der Waals surface area contributed by atoms with Crippen LogP contribution in [0.15, 0.2) is 53.4 Å². The lowest BCUT2D eigenvalue weighted by molar-refractivity contribution is -0.120. The van der Waals surface area contributed by atoms with Crippen LogP contribution in [0.3, 0.4) is 0 Å². The number of rotatable bonds is 10. The Morgan fingerprint density at radius 3 is 2.48 bits per heavy atom. The molecule has 0 radical (unpaired) electrons. The summed E-state index contributed by atoms with van der Waals surface area (Å²) in [5, 5.41) is 3.16. The molecule has 0 aliphatic carbocycles. The van der Waals surface area contributed by atoms with Gasteiger partial charge in [0.25, 0.3) is 0 Å². The molecule has 146 valence electrons. The number of sulfonamides is 1. The summed E-state index contributed by atoms with van der Waals surface area (Å²) in [6.07, 6.45) is 0.0325. The maximum atomic E-state index is 13.5. The highest BCUT2D eigenvalue weighted by atomic mass is 35.5. The van der Waals surface area contributed by atoms with E-state index in [1.54, 1.807) is 18.2 Å². The molecule has 0 bridgehead atoms. The van der Waals surface area contributed by atoms with Gasteiger partial charge in [-0.05, 0) is 35.9 Å². The Labute approximate surface area is 167 Å². The third kappa shape index (κ3) is 7.50. The maximum absolute atomic E-state index is 13.5. The van der Waals surface area contributed by atoms with Crippen LogP contribution in [-0.4, -0.2) is 33.2 Å². The molecular weight excluding hydrogens is 411 g/mol. The van der Waals surface area contributed by atoms with Crippen molar-refractivity contribution in [1.82, 2.24) is 10.0 Å². The summed E-state index contributed by atoms with van der Waals surface area (Å²) in [6, 6.07) is 12.4. The number of carbonyl (C=O) groups is 1. The Morgan fingerprint density at radius 1 is 1.07 bits per heavy atom. The van der Waals surface area contributed by atoms with E-state index in [0.717, 1.165) is 0 Å². The lowest BCUT2D eigenvalue weighted by atomic mass is 10.2. The molecule has 0 aliphatic rings. The molecule has 0 atom stereocenters. The number of halogens is 2. The molecule has 2 N–H and O–H groups in total. The van der Waals surface area contributed by atoms with E-state index in [0.29, 0.717) is 28.6 Å². The van der Waals surface area contributed by atoms with Crippen LogP contribution in [0.4, 0.5) is 4.39 Å². The van der Waals surface area contributed by atoms with Gasteiger partial charge in [-0.2, -0.15) is 11.8 Å². The van der Waals surface area contributed by atoms with Crippen molar-refractivity contribution in [1.29, 1.82) is 0 Å². The fraction of sp³-hybridized carbons (Fsp3) is 0.278. The molecule has 0 aromatic heterocycles. The van der Waals surface area contributed by atoms with E-state index in [9.17, 15) is 17.6 Å². The van der Waals surface area contributed by atoms with Gasteiger partial charge in [-0.25, -0.2) is 17.5 Å². The van der Waals surface area contributed by atoms with Crippen LogP contribution in [-0.2, 0) is 20.6 Å². The van der Waals surface area contributed by atoms with Gasteiger partial charge in [0, 0.05) is 36.0 Å². The minimum Gasteiger partial charge on any atom is -0.355 e. The Morgan fingerprint density at radius 2 is 1.78 bits per heavy atom. The Kier molecular flexibility index (Phi) is 8.56. The zero-order chi connectivity index (χ0) is 19.7. The van der Waals surface area contributed by atoms with Gasteiger partial charge in [0.2, 0.25) is 15.9 Å². The van der Waals surface area contributed by atoms with E-state index < -0.39 is 10.0 Å². The van der Waals surface area contributed by atoms with Crippen LogP contribution in [0.2, 0.25) is 5.02 Å². The first-order valence-electron chi connectivity index (χ1n) is 8.21. The summed E-state index contributed by atoms with van der Waals surface area (Å²) in [6.45, 7) is 0.432. The van der Waals surface area contributed by atoms with Crippen molar-refractivity contribution in [3.8, 4) is 0 Å². The highest BCUT2D eigenvalue weighted by Crippen LogP contribution is 2.15. The van der Waals surface area contributed by atoms with Gasteiger partial charge in [0.05, 0.1) is 4.90 Å². The summed E-state index contributed by atoms with van der Waals surface area (Å²) in [5.41, 5.74) is 0.630. The van der Waals surface area contributed by atoms with Crippen molar-refractivity contribution in [2.75, 3.05) is 18.8 Å². The van der Waals surface area contributed by atoms with E-state index in [1.807, 2.05) is 0 Å². The van der Waals surface area contributed by atoms with E-state index in [2.05, 4.69) is 10.0 Å². The van der Waals surface area contributed by atoms with Gasteiger partial charge >= 0.3 is 0 Å². The van der Waals surface area contributed by atoms with Crippen LogP contribution in [0.5, 0.6) is 0 Å². The highest BCUT2D eigenvalue weighted by molar-refractivity contribution is 7.98. The Hall–Kier alpha value is -1.61. The third-order valence-electron chi connectivity index (χ3n) is 3.55. The molecule has 0 unspecified atom stereocenters. The van der Waals surface area contributed by atoms with E-state index in [1.165, 1.54) is 42.1 Å². The molecule has 0 aliphatic heterocycles. The SMILES string of the molecule is O=C(CCNS(=O)(=O)c1ccc(Cl)cc1)NCCSCc1ccccc1F. The van der Waals surface area contributed by atoms with Crippen molar-refractivity contribution in [2.45, 2.75) is 17.1 Å². The van der Waals surface area contributed by atoms with E-state index in [4.69, 9.17) is 11.6 Å². The average Bonchev–Trinajstić information content (AvgIpc) is 2.63. The van der Waals surface area contributed by atoms with Gasteiger partial charge in [-0.3, -0.25) is 4.79 Å². The molecule has 0 fully saturated rings. The monoisotopic (exact) mass is 430 g/mol. The standard InChI is InChI=1S/C18H20ClFN2O3S2/c19-15-5-7-16(8-6-15)27(24,25)22-10-9-18(23)21-11-12-26-13-14-3-1-2-4-17(14)20/h1-8,22H,9-13H2,(H,21,23). The normalized spacial score (nSPS) is 11.3. The maximum Gasteiger partial charge on any atom is 0.240 e. The zero-order valence-corrected chi connectivity index (χ0v) is 16.8. The lowest BCUT2D eigenvalue weighted by Crippen LogP contribution is -2.31. The first kappa shape index (κ1) is 21.7. The lowest BCUT2D eigenvalue weighted by Gasteiger charge is -2.08. The molecule has 2 aromatic rings. The summed E-state index contributed by atoms with van der Waals surface area (Å²) >= 11 is 7.24. The van der Waals surface area contributed by atoms with Gasteiger partial charge in [-0.1, -0.05) is 29.8 Å². The molecule has 1 amide bonds. The molecule has 5 nitrogen and oxygen atoms in total. The summed E-state index contributed by atoms with van der Waals surface area (Å²) in [7, 11) is -3.66. The van der Waals surface area contributed by atoms with Gasteiger partial charge in [-0.15, -0.1) is 0 Å². The topological polar surface area (TPSA) is 75.3 Å². The molecule has 0 saturated heterocycles. The number of amides is 1. The highest BCUT2D eigenvalue weighted by Gasteiger charge is 2.13. The molecular formula is C18H20ClFN2O3S2. The number of nitrogens with one attached hydrogen (secondary N) is 2. The predicted octanol–water partition coefficient (Wildman–Crippen LogP) is 3.20. The average molecular weight is 431 g/mol. The minimum absolute atomic E-state index is 0.000831. The summed E-state index contributed by atoms with van der Waals surface area (Å²) in [4.78, 5) is 11.9. The second kappa shape index (κ2) is 10.7. The largest absolute Gasteiger partial charge is 0.355 e. The fourth-order valence-electron chi connectivity index (χ4n) is 2.14. The van der Waals surface area contributed by atoms with Crippen LogP contribution >= 0.6 is 23.4 Å². The molecule has 2 aromatic carbocycles. The molecule has 0 spiro atoms. The predicted molar refractivity (Wildman–Crippen MR) is 107 cm³/mol.